The molecule has 1 heterocycles. The molecule has 2 amide bonds. The third-order valence-corrected chi connectivity index (χ3v) is 4.50. The summed E-state index contributed by atoms with van der Waals surface area (Å²) in [6.45, 7) is 7.78. The Morgan fingerprint density at radius 1 is 1.33 bits per heavy atom. The minimum Gasteiger partial charge on any atom is -0.342 e. The number of anilines is 1. The van der Waals surface area contributed by atoms with E-state index in [0.717, 1.165) is 15.7 Å². The van der Waals surface area contributed by atoms with Gasteiger partial charge in [-0.25, -0.2) is 0 Å². The molecule has 1 aliphatic heterocycles. The Balaban J connectivity index is 2.51. The van der Waals surface area contributed by atoms with Crippen molar-refractivity contribution in [3.8, 4) is 0 Å². The third kappa shape index (κ3) is 2.98. The topological polar surface area (TPSA) is 49.4 Å². The van der Waals surface area contributed by atoms with E-state index in [-0.39, 0.29) is 17.7 Å². The van der Waals surface area contributed by atoms with Crippen molar-refractivity contribution in [2.75, 3.05) is 4.90 Å². The van der Waals surface area contributed by atoms with Crippen molar-refractivity contribution >= 4 is 33.4 Å². The quantitative estimate of drug-likeness (QED) is 0.908. The van der Waals surface area contributed by atoms with Gasteiger partial charge in [-0.1, -0.05) is 26.8 Å². The summed E-state index contributed by atoms with van der Waals surface area (Å²) in [7, 11) is 0. The van der Waals surface area contributed by atoms with Crippen LogP contribution in [0.25, 0.3) is 0 Å². The average Bonchev–Trinajstić information content (AvgIpc) is 2.43. The molecule has 1 fully saturated rings. The molecule has 0 aromatic heterocycles. The van der Waals surface area contributed by atoms with E-state index >= 15 is 0 Å². The predicted molar refractivity (Wildman–Crippen MR) is 87.2 cm³/mol. The Bertz CT molecular complexity index is 571. The Morgan fingerprint density at radius 3 is 2.57 bits per heavy atom. The molecule has 5 heteroatoms. The molecule has 0 spiro atoms. The van der Waals surface area contributed by atoms with Crippen molar-refractivity contribution in [1.82, 2.24) is 5.32 Å². The summed E-state index contributed by atoms with van der Waals surface area (Å²) < 4.78 is 0.831. The number of benzene rings is 1. The number of nitrogens with zero attached hydrogens (tertiary/aromatic N) is 1. The molecule has 1 aliphatic rings. The third-order valence-electron chi connectivity index (χ3n) is 3.83. The van der Waals surface area contributed by atoms with E-state index < -0.39 is 12.1 Å². The number of carbonyl (C=O) groups is 2. The monoisotopic (exact) mass is 352 g/mol. The molecule has 1 aromatic carbocycles. The zero-order valence-corrected chi connectivity index (χ0v) is 14.4. The number of amides is 2. The van der Waals surface area contributed by atoms with E-state index in [1.54, 1.807) is 4.90 Å². The lowest BCUT2D eigenvalue weighted by molar-refractivity contribution is -0.134. The van der Waals surface area contributed by atoms with Crippen LogP contribution >= 0.6 is 15.9 Å². The highest BCUT2D eigenvalue weighted by atomic mass is 79.9. The van der Waals surface area contributed by atoms with Crippen LogP contribution in [0.1, 0.15) is 32.8 Å². The van der Waals surface area contributed by atoms with Crippen LogP contribution in [0.3, 0.4) is 0 Å². The van der Waals surface area contributed by atoms with Gasteiger partial charge in [0.2, 0.25) is 5.91 Å². The van der Waals surface area contributed by atoms with E-state index in [1.165, 1.54) is 0 Å². The molecule has 0 aliphatic carbocycles. The van der Waals surface area contributed by atoms with Crippen molar-refractivity contribution in [3.05, 3.63) is 28.2 Å². The first kappa shape index (κ1) is 16.0. The number of hydrogen-bond acceptors (Lipinski definition) is 2. The van der Waals surface area contributed by atoms with Crippen LogP contribution in [-0.4, -0.2) is 23.9 Å². The molecular weight excluding hydrogens is 332 g/mol. The van der Waals surface area contributed by atoms with E-state index in [9.17, 15) is 9.59 Å². The van der Waals surface area contributed by atoms with Gasteiger partial charge in [-0.15, -0.1) is 0 Å². The number of piperazine rings is 1. The van der Waals surface area contributed by atoms with Crippen LogP contribution in [-0.2, 0) is 9.59 Å². The fraction of sp³-hybridized carbons (Fsp3) is 0.500. The van der Waals surface area contributed by atoms with Crippen molar-refractivity contribution in [1.29, 1.82) is 0 Å². The molecule has 4 nitrogen and oxygen atoms in total. The Labute approximate surface area is 134 Å². The molecule has 21 heavy (non-hydrogen) atoms. The van der Waals surface area contributed by atoms with E-state index in [1.807, 2.05) is 45.9 Å². The summed E-state index contributed by atoms with van der Waals surface area (Å²) in [5, 5.41) is 2.85. The summed E-state index contributed by atoms with van der Waals surface area (Å²) in [6, 6.07) is 4.92. The lowest BCUT2D eigenvalue weighted by atomic mass is 9.96. The molecular formula is C16H21BrN2O2. The molecule has 0 radical (unpaired) electrons. The van der Waals surface area contributed by atoms with Gasteiger partial charge in [0.05, 0.1) is 5.69 Å². The normalized spacial score (nSPS) is 22.7. The molecule has 2 rings (SSSR count). The average molecular weight is 353 g/mol. The second-order valence-corrected chi connectivity index (χ2v) is 6.67. The van der Waals surface area contributed by atoms with Gasteiger partial charge in [-0.05, 0) is 52.9 Å². The van der Waals surface area contributed by atoms with Gasteiger partial charge in [-0.3, -0.25) is 14.5 Å². The van der Waals surface area contributed by atoms with E-state index in [0.29, 0.717) is 6.42 Å². The predicted octanol–water partition coefficient (Wildman–Crippen LogP) is 3.02. The molecule has 0 bridgehead atoms. The van der Waals surface area contributed by atoms with Gasteiger partial charge in [0.15, 0.2) is 0 Å². The Kier molecular flexibility index (Phi) is 4.71. The maximum atomic E-state index is 12.8. The summed E-state index contributed by atoms with van der Waals surface area (Å²) >= 11 is 3.50. The highest BCUT2D eigenvalue weighted by molar-refractivity contribution is 9.10. The Hall–Kier alpha value is -1.36. The van der Waals surface area contributed by atoms with Crippen LogP contribution in [0.4, 0.5) is 5.69 Å². The van der Waals surface area contributed by atoms with Gasteiger partial charge in [0.1, 0.15) is 12.1 Å². The second-order valence-electron chi connectivity index (χ2n) is 5.82. The minimum atomic E-state index is -0.465. The highest BCUT2D eigenvalue weighted by Gasteiger charge is 2.42. The molecule has 1 aromatic rings. The molecule has 1 N–H and O–H groups in total. The van der Waals surface area contributed by atoms with Gasteiger partial charge >= 0.3 is 0 Å². The molecule has 2 atom stereocenters. The number of nitrogens with one attached hydrogen (secondary N) is 1. The van der Waals surface area contributed by atoms with Crippen LogP contribution < -0.4 is 10.2 Å². The SMILES string of the molecule is CCC1C(=O)NC(C(C)C)C(=O)N1c1cc(C)ccc1Br. The smallest absolute Gasteiger partial charge is 0.250 e. The summed E-state index contributed by atoms with van der Waals surface area (Å²) in [5.41, 5.74) is 1.83. The molecule has 1 saturated heterocycles. The molecule has 114 valence electrons. The summed E-state index contributed by atoms with van der Waals surface area (Å²) in [4.78, 5) is 26.8. The highest BCUT2D eigenvalue weighted by Crippen LogP contribution is 2.32. The Morgan fingerprint density at radius 2 is 2.00 bits per heavy atom. The zero-order chi connectivity index (χ0) is 15.7. The van der Waals surface area contributed by atoms with Crippen molar-refractivity contribution < 1.29 is 9.59 Å². The van der Waals surface area contributed by atoms with Crippen LogP contribution in [0, 0.1) is 12.8 Å². The number of hydrogen-bond donors (Lipinski definition) is 1. The van der Waals surface area contributed by atoms with Gasteiger partial charge in [0.25, 0.3) is 5.91 Å². The first-order valence-corrected chi connectivity index (χ1v) is 8.05. The van der Waals surface area contributed by atoms with Crippen LogP contribution in [0.5, 0.6) is 0 Å². The minimum absolute atomic E-state index is 0.0391. The lowest BCUT2D eigenvalue weighted by Gasteiger charge is -2.40. The molecule has 0 saturated carbocycles. The maximum Gasteiger partial charge on any atom is 0.250 e. The van der Waals surface area contributed by atoms with Crippen molar-refractivity contribution in [2.45, 2.75) is 46.2 Å². The first-order valence-electron chi connectivity index (χ1n) is 7.26. The number of rotatable bonds is 3. The standard InChI is InChI=1S/C16H21BrN2O2/c1-5-12-15(20)18-14(9(2)3)16(21)19(12)13-8-10(4)6-7-11(13)17/h6-9,12,14H,5H2,1-4H3,(H,18,20). The number of aryl methyl sites for hydroxylation is 1. The van der Waals surface area contributed by atoms with E-state index in [2.05, 4.69) is 21.2 Å². The zero-order valence-electron chi connectivity index (χ0n) is 12.8. The van der Waals surface area contributed by atoms with Gasteiger partial charge < -0.3 is 5.32 Å². The second kappa shape index (κ2) is 6.18. The van der Waals surface area contributed by atoms with Crippen LogP contribution in [0.15, 0.2) is 22.7 Å². The van der Waals surface area contributed by atoms with Gasteiger partial charge in [0, 0.05) is 4.47 Å². The molecule has 2 unspecified atom stereocenters. The summed E-state index contributed by atoms with van der Waals surface area (Å²) in [5.74, 6) is -0.0581. The number of halogens is 1. The lowest BCUT2D eigenvalue weighted by Crippen LogP contribution is -2.65. The van der Waals surface area contributed by atoms with Crippen molar-refractivity contribution in [3.63, 3.8) is 0 Å². The summed E-state index contributed by atoms with van der Waals surface area (Å²) in [6.07, 6.45) is 0.586. The van der Waals surface area contributed by atoms with Crippen molar-refractivity contribution in [2.24, 2.45) is 5.92 Å². The van der Waals surface area contributed by atoms with E-state index in [4.69, 9.17) is 0 Å². The van der Waals surface area contributed by atoms with Gasteiger partial charge in [-0.2, -0.15) is 0 Å². The largest absolute Gasteiger partial charge is 0.342 e. The maximum absolute atomic E-state index is 12.8. The fourth-order valence-corrected chi connectivity index (χ4v) is 3.08. The first-order chi connectivity index (χ1) is 9.86. The fourth-order valence-electron chi connectivity index (χ4n) is 2.65. The van der Waals surface area contributed by atoms with Crippen LogP contribution in [0.2, 0.25) is 0 Å². The number of carbonyl (C=O) groups excluding carboxylic acids is 2.